The van der Waals surface area contributed by atoms with Gasteiger partial charge in [-0.3, -0.25) is 0 Å². The van der Waals surface area contributed by atoms with Gasteiger partial charge in [0.1, 0.15) is 0 Å². The van der Waals surface area contributed by atoms with Gasteiger partial charge in [0.05, 0.1) is 0 Å². The predicted molar refractivity (Wildman–Crippen MR) is 149 cm³/mol. The molecule has 3 nitrogen and oxygen atoms in total. The highest BCUT2D eigenvalue weighted by molar-refractivity contribution is 6.92. The standard InChI is InChI=1S/C26H61N3Si2/c1-14-19-27(20-15-2)30(23(6)7,24(8)9)29(18-5)31(25(10)11,26(12)13)28(21-16-3)22-17-4/h23-26H,14-22H2,1-13H3. The Labute approximate surface area is 200 Å². The van der Waals surface area contributed by atoms with Crippen LogP contribution in [0.25, 0.3) is 0 Å². The molecule has 5 heteroatoms. The van der Waals surface area contributed by atoms with Gasteiger partial charge in [-0.05, 0) is 80.6 Å². The predicted octanol–water partition coefficient (Wildman–Crippen LogP) is 8.08. The molecular weight excluding hydrogens is 410 g/mol. The Morgan fingerprint density at radius 2 is 0.677 bits per heavy atom. The Balaban J connectivity index is 7.28. The first-order valence-corrected chi connectivity index (χ1v) is 17.9. The molecule has 0 unspecified atom stereocenters. The van der Waals surface area contributed by atoms with Crippen molar-refractivity contribution >= 4 is 16.8 Å². The Morgan fingerprint density at radius 3 is 0.806 bits per heavy atom. The fraction of sp³-hybridized carbons (Fsp3) is 1.00. The third-order valence-electron chi connectivity index (χ3n) is 7.57. The van der Waals surface area contributed by atoms with Crippen molar-refractivity contribution < 1.29 is 0 Å². The van der Waals surface area contributed by atoms with Crippen LogP contribution in [0.3, 0.4) is 0 Å². The van der Waals surface area contributed by atoms with E-state index in [-0.39, 0.29) is 0 Å². The minimum atomic E-state index is -1.95. The quantitative estimate of drug-likeness (QED) is 0.198. The molecule has 0 atom stereocenters. The normalized spacial score (nSPS) is 13.9. The van der Waals surface area contributed by atoms with Crippen LogP contribution in [0.1, 0.15) is 116 Å². The van der Waals surface area contributed by atoms with E-state index in [4.69, 9.17) is 0 Å². The first kappa shape index (κ1) is 31.3. The summed E-state index contributed by atoms with van der Waals surface area (Å²) in [4.78, 5) is 0. The Bertz CT molecular complexity index is 398. The maximum absolute atomic E-state index is 3.28. The lowest BCUT2D eigenvalue weighted by molar-refractivity contribution is 0.307. The molecule has 0 bridgehead atoms. The Morgan fingerprint density at radius 1 is 0.452 bits per heavy atom. The molecule has 0 aliphatic heterocycles. The van der Waals surface area contributed by atoms with Crippen LogP contribution < -0.4 is 0 Å². The lowest BCUT2D eigenvalue weighted by Gasteiger charge is -2.64. The third kappa shape index (κ3) is 6.26. The zero-order chi connectivity index (χ0) is 24.4. The van der Waals surface area contributed by atoms with Gasteiger partial charge in [-0.1, -0.05) is 90.0 Å². The van der Waals surface area contributed by atoms with Crippen molar-refractivity contribution in [3.8, 4) is 0 Å². The van der Waals surface area contributed by atoms with Crippen LogP contribution >= 0.6 is 0 Å². The van der Waals surface area contributed by atoms with Gasteiger partial charge in [-0.15, -0.1) is 0 Å². The van der Waals surface area contributed by atoms with Crippen LogP contribution in [-0.4, -0.2) is 62.9 Å². The van der Waals surface area contributed by atoms with Crippen molar-refractivity contribution in [1.82, 2.24) is 13.4 Å². The molecule has 0 aliphatic carbocycles. The van der Waals surface area contributed by atoms with Crippen molar-refractivity contribution in [2.24, 2.45) is 0 Å². The van der Waals surface area contributed by atoms with E-state index in [9.17, 15) is 0 Å². The lowest BCUT2D eigenvalue weighted by atomic mass is 10.4. The van der Waals surface area contributed by atoms with Gasteiger partial charge >= 0.3 is 0 Å². The van der Waals surface area contributed by atoms with Crippen molar-refractivity contribution in [3.05, 3.63) is 0 Å². The van der Waals surface area contributed by atoms with E-state index in [2.05, 4.69) is 103 Å². The van der Waals surface area contributed by atoms with E-state index in [1.165, 1.54) is 58.4 Å². The fourth-order valence-corrected chi connectivity index (χ4v) is 25.5. The first-order valence-electron chi connectivity index (χ1n) is 13.8. The maximum Gasteiger partial charge on any atom is 0.206 e. The average Bonchev–Trinajstić information content (AvgIpc) is 2.67. The minimum absolute atomic E-state index is 0.722. The number of nitrogens with zero attached hydrogens (tertiary/aromatic N) is 3. The second kappa shape index (κ2) is 14.5. The van der Waals surface area contributed by atoms with Crippen LogP contribution in [0.5, 0.6) is 0 Å². The molecular formula is C26H61N3Si2. The van der Waals surface area contributed by atoms with E-state index in [0.717, 1.165) is 22.2 Å². The monoisotopic (exact) mass is 471 g/mol. The van der Waals surface area contributed by atoms with Crippen LogP contribution in [0.15, 0.2) is 0 Å². The largest absolute Gasteiger partial charge is 0.320 e. The van der Waals surface area contributed by atoms with Gasteiger partial charge in [0, 0.05) is 0 Å². The van der Waals surface area contributed by atoms with Crippen LogP contribution in [0.2, 0.25) is 22.2 Å². The zero-order valence-corrected chi connectivity index (χ0v) is 26.0. The van der Waals surface area contributed by atoms with Gasteiger partial charge in [-0.25, -0.2) is 0 Å². The SMILES string of the molecule is CCCN(CCC)[Si](C(C)C)(C(C)C)N(CC)[Si](C(C)C)(C(C)C)N(CCC)CCC. The Kier molecular flexibility index (Phi) is 14.7. The van der Waals surface area contributed by atoms with E-state index in [1.807, 2.05) is 0 Å². The zero-order valence-electron chi connectivity index (χ0n) is 24.0. The summed E-state index contributed by atoms with van der Waals surface area (Å²) in [7, 11) is -3.89. The highest BCUT2D eigenvalue weighted by Crippen LogP contribution is 2.48. The molecule has 0 aliphatic rings. The molecule has 0 aromatic carbocycles. The van der Waals surface area contributed by atoms with Gasteiger partial charge < -0.3 is 13.4 Å². The molecule has 0 saturated carbocycles. The molecule has 0 fully saturated rings. The molecule has 0 heterocycles. The molecule has 0 aromatic rings. The van der Waals surface area contributed by atoms with Crippen molar-refractivity contribution in [2.45, 2.75) is 138 Å². The maximum atomic E-state index is 3.28. The summed E-state index contributed by atoms with van der Waals surface area (Å²) in [6.07, 6.45) is 5.04. The summed E-state index contributed by atoms with van der Waals surface area (Å²) in [5.41, 5.74) is 2.89. The molecule has 0 spiro atoms. The molecule has 31 heavy (non-hydrogen) atoms. The summed E-state index contributed by atoms with van der Waals surface area (Å²) >= 11 is 0. The number of hydrogen-bond acceptors (Lipinski definition) is 3. The van der Waals surface area contributed by atoms with Gasteiger partial charge in [0.25, 0.3) is 0 Å². The minimum Gasteiger partial charge on any atom is -0.320 e. The van der Waals surface area contributed by atoms with Crippen molar-refractivity contribution in [3.63, 3.8) is 0 Å². The number of hydrogen-bond donors (Lipinski definition) is 0. The molecule has 0 aromatic heterocycles. The van der Waals surface area contributed by atoms with E-state index in [1.54, 1.807) is 0 Å². The van der Waals surface area contributed by atoms with Crippen molar-refractivity contribution in [1.29, 1.82) is 0 Å². The number of rotatable bonds is 17. The first-order chi connectivity index (χ1) is 14.5. The Hall–Kier alpha value is 0.314. The lowest BCUT2D eigenvalue weighted by Crippen LogP contribution is -2.82. The summed E-state index contributed by atoms with van der Waals surface area (Å²) in [6, 6.07) is 0. The summed E-state index contributed by atoms with van der Waals surface area (Å²) in [6.45, 7) is 38.8. The summed E-state index contributed by atoms with van der Waals surface area (Å²) in [5, 5.41) is 0. The topological polar surface area (TPSA) is 9.72 Å². The summed E-state index contributed by atoms with van der Waals surface area (Å²) < 4.78 is 9.38. The molecule has 0 radical (unpaired) electrons. The molecule has 0 N–H and O–H groups in total. The van der Waals surface area contributed by atoms with Gasteiger partial charge in [0.2, 0.25) is 16.8 Å². The van der Waals surface area contributed by atoms with Crippen LogP contribution in [-0.2, 0) is 0 Å². The third-order valence-corrected chi connectivity index (χ3v) is 21.8. The van der Waals surface area contributed by atoms with E-state index in [0.29, 0.717) is 0 Å². The fourth-order valence-electron chi connectivity index (χ4n) is 7.20. The highest BCUT2D eigenvalue weighted by Gasteiger charge is 2.61. The second-order valence-electron chi connectivity index (χ2n) is 10.9. The summed E-state index contributed by atoms with van der Waals surface area (Å²) in [5.74, 6) is 0. The van der Waals surface area contributed by atoms with Gasteiger partial charge in [-0.2, -0.15) is 0 Å². The van der Waals surface area contributed by atoms with Gasteiger partial charge in [0.15, 0.2) is 0 Å². The van der Waals surface area contributed by atoms with E-state index >= 15 is 0 Å². The van der Waals surface area contributed by atoms with Crippen molar-refractivity contribution in [2.75, 3.05) is 32.7 Å². The average molecular weight is 472 g/mol. The molecule has 0 amide bonds. The molecule has 188 valence electrons. The van der Waals surface area contributed by atoms with E-state index < -0.39 is 16.8 Å². The second-order valence-corrected chi connectivity index (χ2v) is 21.4. The smallest absolute Gasteiger partial charge is 0.206 e. The highest BCUT2D eigenvalue weighted by atomic mass is 28.4. The van der Waals surface area contributed by atoms with Crippen LogP contribution in [0, 0.1) is 0 Å². The molecule has 0 saturated heterocycles. The van der Waals surface area contributed by atoms with Crippen LogP contribution in [0.4, 0.5) is 0 Å². The molecule has 0 rings (SSSR count).